The number of hydrogen-bond donors (Lipinski definition) is 2. The van der Waals surface area contributed by atoms with E-state index in [0.717, 1.165) is 0 Å². The van der Waals surface area contributed by atoms with Crippen molar-refractivity contribution in [3.8, 4) is 11.5 Å². The first kappa shape index (κ1) is 15.6. The van der Waals surface area contributed by atoms with E-state index in [1.165, 1.54) is 26.0 Å². The molecule has 1 aliphatic rings. The van der Waals surface area contributed by atoms with Gasteiger partial charge in [-0.3, -0.25) is 9.59 Å². The molecule has 1 saturated heterocycles. The lowest BCUT2D eigenvalue weighted by atomic mass is 10.2. The zero-order chi connectivity index (χ0) is 15.4. The van der Waals surface area contributed by atoms with Crippen LogP contribution in [-0.4, -0.2) is 35.6 Å². The zero-order valence-corrected chi connectivity index (χ0v) is 13.1. The van der Waals surface area contributed by atoms with Crippen LogP contribution in [-0.2, 0) is 9.59 Å². The summed E-state index contributed by atoms with van der Waals surface area (Å²) >= 11 is 6.08. The first-order valence-corrected chi connectivity index (χ1v) is 7.35. The van der Waals surface area contributed by atoms with Crippen LogP contribution in [0.5, 0.6) is 11.5 Å². The fourth-order valence-corrected chi connectivity index (χ4v) is 3.06. The fraction of sp³-hybridized carbons (Fsp3) is 0.308. The van der Waals surface area contributed by atoms with Gasteiger partial charge in [-0.2, -0.15) is 0 Å². The molecule has 1 unspecified atom stereocenters. The van der Waals surface area contributed by atoms with E-state index in [2.05, 4.69) is 10.6 Å². The van der Waals surface area contributed by atoms with Crippen molar-refractivity contribution in [1.82, 2.24) is 5.32 Å². The van der Waals surface area contributed by atoms with Crippen LogP contribution in [0.3, 0.4) is 0 Å². The number of carbonyl (C=O) groups is 2. The quantitative estimate of drug-likeness (QED) is 0.800. The van der Waals surface area contributed by atoms with Crippen LogP contribution in [0.4, 0.5) is 5.69 Å². The van der Waals surface area contributed by atoms with E-state index in [-0.39, 0.29) is 18.2 Å². The van der Waals surface area contributed by atoms with E-state index in [1.807, 2.05) is 0 Å². The van der Waals surface area contributed by atoms with E-state index >= 15 is 0 Å². The second-order valence-corrected chi connectivity index (χ2v) is 6.12. The highest BCUT2D eigenvalue weighted by Gasteiger charge is 2.30. The summed E-state index contributed by atoms with van der Waals surface area (Å²) in [4.78, 5) is 23.5. The standard InChI is InChI=1S/C13H14N2O4S2/c1-18-8-3-7(4-9(5-8)19-2)14-11(16)6-10-12(17)15-13(20)21-10/h3-5,10H,6H2,1-2H3,(H,14,16)(H,15,17,20). The van der Waals surface area contributed by atoms with Gasteiger partial charge < -0.3 is 20.1 Å². The monoisotopic (exact) mass is 326 g/mol. The lowest BCUT2D eigenvalue weighted by Crippen LogP contribution is -2.27. The normalized spacial score (nSPS) is 17.3. The molecular weight excluding hydrogens is 312 g/mol. The molecule has 21 heavy (non-hydrogen) atoms. The van der Waals surface area contributed by atoms with Crippen LogP contribution in [0.2, 0.25) is 0 Å². The largest absolute Gasteiger partial charge is 0.497 e. The summed E-state index contributed by atoms with van der Waals surface area (Å²) in [5, 5.41) is 4.74. The third kappa shape index (κ3) is 4.08. The molecule has 1 atom stereocenters. The van der Waals surface area contributed by atoms with Crippen molar-refractivity contribution in [1.29, 1.82) is 0 Å². The molecule has 2 amide bonds. The Morgan fingerprint density at radius 2 is 1.95 bits per heavy atom. The van der Waals surface area contributed by atoms with E-state index < -0.39 is 5.25 Å². The van der Waals surface area contributed by atoms with Gasteiger partial charge in [-0.1, -0.05) is 24.0 Å². The maximum Gasteiger partial charge on any atom is 0.239 e. The number of carbonyl (C=O) groups excluding carboxylic acids is 2. The number of thioether (sulfide) groups is 1. The van der Waals surface area contributed by atoms with Gasteiger partial charge in [-0.25, -0.2) is 0 Å². The van der Waals surface area contributed by atoms with Crippen LogP contribution in [0.1, 0.15) is 6.42 Å². The molecule has 1 fully saturated rings. The Labute approximate surface area is 131 Å². The maximum absolute atomic E-state index is 12.0. The zero-order valence-electron chi connectivity index (χ0n) is 11.5. The number of hydrogen-bond acceptors (Lipinski definition) is 6. The van der Waals surface area contributed by atoms with Gasteiger partial charge in [0.15, 0.2) is 0 Å². The second-order valence-electron chi connectivity index (χ2n) is 4.24. The smallest absolute Gasteiger partial charge is 0.239 e. The van der Waals surface area contributed by atoms with Crippen LogP contribution >= 0.6 is 24.0 Å². The fourth-order valence-electron chi connectivity index (χ4n) is 1.79. The number of methoxy groups -OCH3 is 2. The molecule has 0 spiro atoms. The number of nitrogens with one attached hydrogen (secondary N) is 2. The van der Waals surface area contributed by atoms with E-state index in [9.17, 15) is 9.59 Å². The molecule has 0 bridgehead atoms. The number of benzene rings is 1. The summed E-state index contributed by atoms with van der Waals surface area (Å²) in [5.41, 5.74) is 0.544. The first-order valence-electron chi connectivity index (χ1n) is 6.06. The first-order chi connectivity index (χ1) is 10.0. The summed E-state index contributed by atoms with van der Waals surface area (Å²) in [6, 6.07) is 5.05. The Morgan fingerprint density at radius 3 is 2.43 bits per heavy atom. The summed E-state index contributed by atoms with van der Waals surface area (Å²) in [6.07, 6.45) is 0.0518. The topological polar surface area (TPSA) is 76.7 Å². The molecule has 8 heteroatoms. The lowest BCUT2D eigenvalue weighted by Gasteiger charge is -2.10. The van der Waals surface area contributed by atoms with Gasteiger partial charge in [0.1, 0.15) is 15.8 Å². The lowest BCUT2D eigenvalue weighted by molar-refractivity contribution is -0.122. The maximum atomic E-state index is 12.0. The molecule has 0 aromatic heterocycles. The van der Waals surface area contributed by atoms with Crippen molar-refractivity contribution in [3.05, 3.63) is 18.2 Å². The van der Waals surface area contributed by atoms with Crippen molar-refractivity contribution in [2.75, 3.05) is 19.5 Å². The number of ether oxygens (including phenoxy) is 2. The second kappa shape index (κ2) is 6.77. The molecule has 1 aromatic carbocycles. The number of amides is 2. The Bertz CT molecular complexity index is 569. The molecule has 1 heterocycles. The van der Waals surface area contributed by atoms with Gasteiger partial charge in [0, 0.05) is 30.3 Å². The third-order valence-corrected chi connectivity index (χ3v) is 4.15. The highest BCUT2D eigenvalue weighted by molar-refractivity contribution is 8.24. The van der Waals surface area contributed by atoms with E-state index in [1.54, 1.807) is 18.2 Å². The highest BCUT2D eigenvalue weighted by Crippen LogP contribution is 2.27. The minimum atomic E-state index is -0.481. The van der Waals surface area contributed by atoms with Crippen LogP contribution < -0.4 is 20.1 Å². The molecule has 2 N–H and O–H groups in total. The SMILES string of the molecule is COc1cc(NC(=O)CC2SC(=S)NC2=O)cc(OC)c1. The summed E-state index contributed by atoms with van der Waals surface area (Å²) in [7, 11) is 3.06. The molecule has 1 aromatic rings. The average Bonchev–Trinajstić information content (AvgIpc) is 2.76. The predicted octanol–water partition coefficient (Wildman–Crippen LogP) is 1.55. The van der Waals surface area contributed by atoms with Crippen molar-refractivity contribution in [3.63, 3.8) is 0 Å². The highest BCUT2D eigenvalue weighted by atomic mass is 32.2. The van der Waals surface area contributed by atoms with Gasteiger partial charge in [-0.05, 0) is 0 Å². The van der Waals surface area contributed by atoms with E-state index in [4.69, 9.17) is 21.7 Å². The molecule has 6 nitrogen and oxygen atoms in total. The Hall–Kier alpha value is -1.80. The third-order valence-electron chi connectivity index (χ3n) is 2.77. The number of anilines is 1. The number of thiocarbonyl (C=S) groups is 1. The van der Waals surface area contributed by atoms with Crippen LogP contribution in [0.25, 0.3) is 0 Å². The van der Waals surface area contributed by atoms with Crippen molar-refractivity contribution in [2.45, 2.75) is 11.7 Å². The molecule has 0 radical (unpaired) electrons. The minimum absolute atomic E-state index is 0.0518. The van der Waals surface area contributed by atoms with Gasteiger partial charge in [0.2, 0.25) is 11.8 Å². The van der Waals surface area contributed by atoms with Gasteiger partial charge >= 0.3 is 0 Å². The number of rotatable bonds is 5. The van der Waals surface area contributed by atoms with Crippen LogP contribution in [0.15, 0.2) is 18.2 Å². The molecule has 0 aliphatic carbocycles. The summed E-state index contributed by atoms with van der Waals surface area (Å²) in [6.45, 7) is 0. The van der Waals surface area contributed by atoms with E-state index in [0.29, 0.717) is 21.5 Å². The Morgan fingerprint density at radius 1 is 1.33 bits per heavy atom. The van der Waals surface area contributed by atoms with Crippen LogP contribution in [0, 0.1) is 0 Å². The van der Waals surface area contributed by atoms with Crippen molar-refractivity contribution in [2.24, 2.45) is 0 Å². The van der Waals surface area contributed by atoms with Gasteiger partial charge in [-0.15, -0.1) is 0 Å². The summed E-state index contributed by atoms with van der Waals surface area (Å²) < 4.78 is 10.7. The predicted molar refractivity (Wildman–Crippen MR) is 84.9 cm³/mol. The molecule has 2 rings (SSSR count). The van der Waals surface area contributed by atoms with Gasteiger partial charge in [0.25, 0.3) is 0 Å². The average molecular weight is 326 g/mol. The molecule has 112 valence electrons. The van der Waals surface area contributed by atoms with Crippen molar-refractivity contribution >= 4 is 45.8 Å². The van der Waals surface area contributed by atoms with Gasteiger partial charge in [0.05, 0.1) is 19.5 Å². The molecule has 1 aliphatic heterocycles. The molecule has 0 saturated carbocycles. The van der Waals surface area contributed by atoms with Crippen molar-refractivity contribution < 1.29 is 19.1 Å². The summed E-state index contributed by atoms with van der Waals surface area (Å²) in [5.74, 6) is 0.628. The Kier molecular flexibility index (Phi) is 5.03. The molecular formula is C13H14N2O4S2. The minimum Gasteiger partial charge on any atom is -0.497 e. The Balaban J connectivity index is 2.02.